The number of methoxy groups -OCH3 is 1. The first kappa shape index (κ1) is 8.52. The molecule has 13 heavy (non-hydrogen) atoms. The van der Waals surface area contributed by atoms with Crippen LogP contribution in [0.15, 0.2) is 47.6 Å². The number of rotatable bonds is 1. The topological polar surface area (TPSA) is 9.23 Å². The fraction of sp³-hybridized carbons (Fsp3) is 0.333. The van der Waals surface area contributed by atoms with Crippen LogP contribution in [-0.4, -0.2) is 13.2 Å². The highest BCUT2D eigenvalue weighted by atomic mass is 16.5. The van der Waals surface area contributed by atoms with Gasteiger partial charge in [-0.2, -0.15) is 0 Å². The zero-order valence-corrected chi connectivity index (χ0v) is 8.03. The van der Waals surface area contributed by atoms with E-state index < -0.39 is 0 Å². The molecule has 0 aromatic rings. The molecule has 2 atom stereocenters. The molecule has 0 radical (unpaired) electrons. The normalized spacial score (nSPS) is 30.9. The summed E-state index contributed by atoms with van der Waals surface area (Å²) in [6.45, 7) is 2.15. The van der Waals surface area contributed by atoms with Crippen LogP contribution < -0.4 is 0 Å². The fourth-order valence-electron chi connectivity index (χ4n) is 1.93. The van der Waals surface area contributed by atoms with Crippen LogP contribution in [0.25, 0.3) is 0 Å². The summed E-state index contributed by atoms with van der Waals surface area (Å²) in [7, 11) is 1.76. The third kappa shape index (κ3) is 1.40. The van der Waals surface area contributed by atoms with E-state index >= 15 is 0 Å². The average Bonchev–Trinajstić information content (AvgIpc) is 2.18. The van der Waals surface area contributed by atoms with Crippen molar-refractivity contribution in [1.82, 2.24) is 0 Å². The highest BCUT2D eigenvalue weighted by Gasteiger charge is 2.24. The monoisotopic (exact) mass is 174 g/mol. The van der Waals surface area contributed by atoms with Gasteiger partial charge in [-0.1, -0.05) is 36.5 Å². The molecule has 0 heterocycles. The van der Waals surface area contributed by atoms with Crippen molar-refractivity contribution in [2.45, 2.75) is 13.0 Å². The quantitative estimate of drug-likeness (QED) is 0.593. The predicted molar refractivity (Wildman–Crippen MR) is 54.4 cm³/mol. The van der Waals surface area contributed by atoms with Crippen molar-refractivity contribution >= 4 is 0 Å². The van der Waals surface area contributed by atoms with Gasteiger partial charge >= 0.3 is 0 Å². The van der Waals surface area contributed by atoms with Gasteiger partial charge in [0.1, 0.15) is 0 Å². The lowest BCUT2D eigenvalue weighted by atomic mass is 9.82. The molecular weight excluding hydrogens is 160 g/mol. The molecule has 0 N–H and O–H groups in total. The van der Waals surface area contributed by atoms with Crippen LogP contribution in [0.5, 0.6) is 0 Å². The molecular formula is C12H14O. The second-order valence-corrected chi connectivity index (χ2v) is 3.47. The number of fused-ring (bicyclic) bond motifs is 1. The van der Waals surface area contributed by atoms with E-state index in [4.69, 9.17) is 4.74 Å². The molecule has 0 bridgehead atoms. The molecule has 0 aliphatic heterocycles. The maximum atomic E-state index is 5.40. The first-order valence-electron chi connectivity index (χ1n) is 4.59. The molecule has 0 saturated heterocycles. The maximum Gasteiger partial charge on any atom is 0.0858 e. The Labute approximate surface area is 79.1 Å². The van der Waals surface area contributed by atoms with Gasteiger partial charge in [0.15, 0.2) is 0 Å². The Bertz CT molecular complexity index is 318. The van der Waals surface area contributed by atoms with Crippen LogP contribution in [0.1, 0.15) is 6.92 Å². The summed E-state index contributed by atoms with van der Waals surface area (Å²) in [5, 5.41) is 0. The van der Waals surface area contributed by atoms with Gasteiger partial charge in [-0.15, -0.1) is 0 Å². The molecule has 1 heteroatoms. The van der Waals surface area contributed by atoms with E-state index in [1.54, 1.807) is 7.11 Å². The Morgan fingerprint density at radius 1 is 1.15 bits per heavy atom. The molecule has 0 amide bonds. The van der Waals surface area contributed by atoms with E-state index in [0.717, 1.165) is 0 Å². The molecule has 0 spiro atoms. The van der Waals surface area contributed by atoms with Crippen LogP contribution in [-0.2, 0) is 4.74 Å². The molecule has 0 fully saturated rings. The van der Waals surface area contributed by atoms with Crippen molar-refractivity contribution in [3.8, 4) is 0 Å². The van der Waals surface area contributed by atoms with E-state index in [9.17, 15) is 0 Å². The van der Waals surface area contributed by atoms with Gasteiger partial charge < -0.3 is 4.74 Å². The lowest BCUT2D eigenvalue weighted by molar-refractivity contribution is 0.117. The van der Waals surface area contributed by atoms with E-state index in [1.807, 2.05) is 0 Å². The van der Waals surface area contributed by atoms with Crippen LogP contribution in [0.4, 0.5) is 0 Å². The number of ether oxygens (including phenoxy) is 1. The Kier molecular flexibility index (Phi) is 2.19. The fourth-order valence-corrected chi connectivity index (χ4v) is 1.93. The third-order valence-electron chi connectivity index (χ3n) is 2.68. The number of allylic oxidation sites excluding steroid dienone is 5. The lowest BCUT2D eigenvalue weighted by Gasteiger charge is -2.28. The molecule has 0 aromatic heterocycles. The summed E-state index contributed by atoms with van der Waals surface area (Å²) in [4.78, 5) is 0. The van der Waals surface area contributed by atoms with Gasteiger partial charge in [0.05, 0.1) is 6.10 Å². The molecule has 2 aliphatic rings. The molecule has 2 unspecified atom stereocenters. The highest BCUT2D eigenvalue weighted by molar-refractivity contribution is 5.45. The molecule has 1 nitrogen and oxygen atoms in total. The molecule has 68 valence electrons. The largest absolute Gasteiger partial charge is 0.376 e. The summed E-state index contributed by atoms with van der Waals surface area (Å²) >= 11 is 0. The van der Waals surface area contributed by atoms with E-state index in [2.05, 4.69) is 43.4 Å². The van der Waals surface area contributed by atoms with Crippen molar-refractivity contribution < 1.29 is 4.74 Å². The van der Waals surface area contributed by atoms with Crippen LogP contribution in [0, 0.1) is 5.92 Å². The summed E-state index contributed by atoms with van der Waals surface area (Å²) in [5.41, 5.74) is 2.73. The smallest absolute Gasteiger partial charge is 0.0858 e. The third-order valence-corrected chi connectivity index (χ3v) is 2.68. The van der Waals surface area contributed by atoms with E-state index in [0.29, 0.717) is 5.92 Å². The maximum absolute atomic E-state index is 5.40. The summed E-state index contributed by atoms with van der Waals surface area (Å²) in [5.74, 6) is 0.417. The van der Waals surface area contributed by atoms with Gasteiger partial charge in [-0.25, -0.2) is 0 Å². The summed E-state index contributed by atoms with van der Waals surface area (Å²) in [6, 6.07) is 0. The van der Waals surface area contributed by atoms with Crippen molar-refractivity contribution in [2.75, 3.05) is 7.11 Å². The van der Waals surface area contributed by atoms with Crippen LogP contribution in [0.2, 0.25) is 0 Å². The predicted octanol–water partition coefficient (Wildman–Crippen LogP) is 2.63. The summed E-state index contributed by atoms with van der Waals surface area (Å²) in [6.07, 6.45) is 13.0. The van der Waals surface area contributed by atoms with Gasteiger partial charge in [0.2, 0.25) is 0 Å². The zero-order chi connectivity index (χ0) is 9.26. The zero-order valence-electron chi connectivity index (χ0n) is 8.03. The van der Waals surface area contributed by atoms with Gasteiger partial charge in [-0.3, -0.25) is 0 Å². The van der Waals surface area contributed by atoms with Gasteiger partial charge in [0, 0.05) is 13.0 Å². The van der Waals surface area contributed by atoms with Crippen molar-refractivity contribution in [3.05, 3.63) is 47.6 Å². The van der Waals surface area contributed by atoms with E-state index in [-0.39, 0.29) is 6.10 Å². The Morgan fingerprint density at radius 2 is 1.92 bits per heavy atom. The molecule has 2 rings (SSSR count). The van der Waals surface area contributed by atoms with E-state index in [1.165, 1.54) is 11.1 Å². The van der Waals surface area contributed by atoms with Gasteiger partial charge in [0.25, 0.3) is 0 Å². The van der Waals surface area contributed by atoms with Gasteiger partial charge in [-0.05, 0) is 18.1 Å². The highest BCUT2D eigenvalue weighted by Crippen LogP contribution is 2.32. The molecule has 0 saturated carbocycles. The average molecular weight is 174 g/mol. The van der Waals surface area contributed by atoms with Crippen molar-refractivity contribution in [3.63, 3.8) is 0 Å². The Morgan fingerprint density at radius 3 is 2.69 bits per heavy atom. The van der Waals surface area contributed by atoms with Crippen molar-refractivity contribution in [1.29, 1.82) is 0 Å². The minimum absolute atomic E-state index is 0.208. The number of hydrogen-bond donors (Lipinski definition) is 0. The van der Waals surface area contributed by atoms with Crippen LogP contribution in [0.3, 0.4) is 0 Å². The SMILES string of the molecule is COC1C=CC=C2C(C)=CC=CC21. The first-order valence-corrected chi connectivity index (χ1v) is 4.59. The minimum atomic E-state index is 0.208. The first-order chi connectivity index (χ1) is 6.33. The minimum Gasteiger partial charge on any atom is -0.376 e. The molecule has 0 aromatic carbocycles. The second kappa shape index (κ2) is 3.35. The standard InChI is InChI=1S/C12H14O/c1-9-5-3-7-11-10(9)6-4-8-12(11)13-2/h3-8,11-12H,1-2H3. The Hall–Kier alpha value is -1.08. The molecule has 2 aliphatic carbocycles. The lowest BCUT2D eigenvalue weighted by Crippen LogP contribution is -2.24. The van der Waals surface area contributed by atoms with Crippen LogP contribution >= 0.6 is 0 Å². The second-order valence-electron chi connectivity index (χ2n) is 3.47. The van der Waals surface area contributed by atoms with Crippen molar-refractivity contribution in [2.24, 2.45) is 5.92 Å². The summed E-state index contributed by atoms with van der Waals surface area (Å²) < 4.78 is 5.40. The number of hydrogen-bond acceptors (Lipinski definition) is 1. The Balaban J connectivity index is 2.34.